The Morgan fingerprint density at radius 2 is 2.41 bits per heavy atom. The fraction of sp³-hybridized carbons (Fsp3) is 0.375. The van der Waals surface area contributed by atoms with Gasteiger partial charge in [0.1, 0.15) is 17.2 Å². The van der Waals surface area contributed by atoms with Crippen LogP contribution in [0.25, 0.3) is 0 Å². The number of hydrogen-bond donors (Lipinski definition) is 1. The van der Waals surface area contributed by atoms with Gasteiger partial charge in [-0.05, 0) is 11.8 Å². The summed E-state index contributed by atoms with van der Waals surface area (Å²) >= 11 is 1.24. The lowest BCUT2D eigenvalue weighted by atomic mass is 10.4. The maximum Gasteiger partial charge on any atom is 0.392 e. The van der Waals surface area contributed by atoms with Crippen molar-refractivity contribution >= 4 is 22.4 Å². The normalized spacial score (nSPS) is 10.5. The van der Waals surface area contributed by atoms with Gasteiger partial charge in [0.15, 0.2) is 0 Å². The zero-order valence-electron chi connectivity index (χ0n) is 9.25. The number of nitrogens with zero attached hydrogens (tertiary/aromatic N) is 5. The summed E-state index contributed by atoms with van der Waals surface area (Å²) in [7, 11) is 1.77. The second-order valence-electron chi connectivity index (χ2n) is 3.39. The molecule has 0 fully saturated rings. The molecule has 0 unspecified atom stereocenters. The lowest BCUT2D eigenvalue weighted by molar-refractivity contribution is -0.390. The highest BCUT2D eigenvalue weighted by molar-refractivity contribution is 7.10. The molecule has 0 aromatic carbocycles. The van der Waals surface area contributed by atoms with E-state index in [0.29, 0.717) is 12.1 Å². The van der Waals surface area contributed by atoms with Crippen LogP contribution in [0.15, 0.2) is 6.20 Å². The van der Waals surface area contributed by atoms with E-state index in [9.17, 15) is 10.1 Å². The molecule has 2 aromatic heterocycles. The standard InChI is InChI=1S/C8H10N6O2S/c1-5-3-13(11-7(5)14(15)16)4-6-8(9-2)17-12-10-6/h3,9H,4H2,1-2H3. The molecule has 0 amide bonds. The summed E-state index contributed by atoms with van der Waals surface area (Å²) in [6.07, 6.45) is 1.62. The van der Waals surface area contributed by atoms with Crippen LogP contribution in [0.4, 0.5) is 10.8 Å². The van der Waals surface area contributed by atoms with E-state index in [-0.39, 0.29) is 5.82 Å². The topological polar surface area (TPSA) is 98.8 Å². The summed E-state index contributed by atoms with van der Waals surface area (Å²) < 4.78 is 5.30. The Bertz CT molecular complexity index is 548. The Hall–Kier alpha value is -2.03. The van der Waals surface area contributed by atoms with Crippen LogP contribution in [0.3, 0.4) is 0 Å². The molecular formula is C8H10N6O2S. The van der Waals surface area contributed by atoms with E-state index in [1.165, 1.54) is 16.2 Å². The van der Waals surface area contributed by atoms with E-state index in [4.69, 9.17) is 0 Å². The second-order valence-corrected chi connectivity index (χ2v) is 4.14. The summed E-state index contributed by atoms with van der Waals surface area (Å²) in [4.78, 5) is 10.2. The first-order valence-electron chi connectivity index (χ1n) is 4.79. The lowest BCUT2D eigenvalue weighted by Crippen LogP contribution is -2.03. The van der Waals surface area contributed by atoms with Gasteiger partial charge in [-0.15, -0.1) is 5.10 Å². The quantitative estimate of drug-likeness (QED) is 0.646. The summed E-state index contributed by atoms with van der Waals surface area (Å²) in [6.45, 7) is 2.02. The first-order chi connectivity index (χ1) is 8.11. The average molecular weight is 254 g/mol. The predicted octanol–water partition coefficient (Wildman–Crippen LogP) is 1.04. The van der Waals surface area contributed by atoms with Crippen LogP contribution in [-0.2, 0) is 6.54 Å². The summed E-state index contributed by atoms with van der Waals surface area (Å²) in [5, 5.41) is 22.3. The molecular weight excluding hydrogens is 244 g/mol. The van der Waals surface area contributed by atoms with Crippen LogP contribution < -0.4 is 5.32 Å². The van der Waals surface area contributed by atoms with E-state index < -0.39 is 4.92 Å². The molecule has 2 heterocycles. The Kier molecular flexibility index (Phi) is 3.00. The monoisotopic (exact) mass is 254 g/mol. The van der Waals surface area contributed by atoms with Crippen molar-refractivity contribution in [2.24, 2.45) is 0 Å². The average Bonchev–Trinajstić information content (AvgIpc) is 2.85. The molecule has 0 bridgehead atoms. The van der Waals surface area contributed by atoms with Gasteiger partial charge in [0.05, 0.1) is 16.9 Å². The molecule has 2 aromatic rings. The van der Waals surface area contributed by atoms with E-state index >= 15 is 0 Å². The molecule has 0 atom stereocenters. The minimum atomic E-state index is -0.496. The summed E-state index contributed by atoms with van der Waals surface area (Å²) in [5.74, 6) is -0.126. The highest BCUT2D eigenvalue weighted by Crippen LogP contribution is 2.19. The third-order valence-corrected chi connectivity index (χ3v) is 2.97. The van der Waals surface area contributed by atoms with Crippen LogP contribution in [0.2, 0.25) is 0 Å². The molecule has 0 aliphatic carbocycles. The van der Waals surface area contributed by atoms with Gasteiger partial charge < -0.3 is 15.4 Å². The van der Waals surface area contributed by atoms with Gasteiger partial charge in [0.2, 0.25) is 0 Å². The molecule has 0 spiro atoms. The molecule has 0 aliphatic heterocycles. The SMILES string of the molecule is CNc1snnc1Cn1cc(C)c([N+](=O)[O-])n1. The molecule has 1 N–H and O–H groups in total. The van der Waals surface area contributed by atoms with E-state index in [1.54, 1.807) is 20.2 Å². The largest absolute Gasteiger partial charge is 0.392 e. The van der Waals surface area contributed by atoms with Crippen molar-refractivity contribution in [1.29, 1.82) is 0 Å². The maximum absolute atomic E-state index is 10.7. The third kappa shape index (κ3) is 2.23. The van der Waals surface area contributed by atoms with Crippen molar-refractivity contribution in [3.05, 3.63) is 27.6 Å². The maximum atomic E-state index is 10.7. The number of hydrogen-bond acceptors (Lipinski definition) is 7. The fourth-order valence-corrected chi connectivity index (χ4v) is 1.95. The first kappa shape index (κ1) is 11.5. The Balaban J connectivity index is 2.25. The molecule has 90 valence electrons. The minimum Gasteiger partial charge on any atom is -0.377 e. The van der Waals surface area contributed by atoms with Gasteiger partial charge in [-0.2, -0.15) is 4.68 Å². The van der Waals surface area contributed by atoms with Crippen molar-refractivity contribution in [2.45, 2.75) is 13.5 Å². The first-order valence-corrected chi connectivity index (χ1v) is 5.56. The predicted molar refractivity (Wildman–Crippen MR) is 62.2 cm³/mol. The number of nitro groups is 1. The highest BCUT2D eigenvalue weighted by Gasteiger charge is 2.18. The zero-order valence-corrected chi connectivity index (χ0v) is 10.1. The Labute approximate surface area is 101 Å². The summed E-state index contributed by atoms with van der Waals surface area (Å²) in [6, 6.07) is 0. The Morgan fingerprint density at radius 3 is 3.00 bits per heavy atom. The Morgan fingerprint density at radius 1 is 1.65 bits per heavy atom. The van der Waals surface area contributed by atoms with Crippen molar-refractivity contribution in [1.82, 2.24) is 19.4 Å². The molecule has 2 rings (SSSR count). The third-order valence-electron chi connectivity index (χ3n) is 2.19. The number of rotatable bonds is 4. The van der Waals surface area contributed by atoms with Crippen LogP contribution in [-0.4, -0.2) is 31.3 Å². The molecule has 8 nitrogen and oxygen atoms in total. The molecule has 17 heavy (non-hydrogen) atoms. The highest BCUT2D eigenvalue weighted by atomic mass is 32.1. The molecule has 9 heteroatoms. The van der Waals surface area contributed by atoms with Gasteiger partial charge in [-0.25, -0.2) is 0 Å². The van der Waals surface area contributed by atoms with Crippen LogP contribution in [0.5, 0.6) is 0 Å². The lowest BCUT2D eigenvalue weighted by Gasteiger charge is -1.96. The van der Waals surface area contributed by atoms with Gasteiger partial charge in [-0.1, -0.05) is 4.49 Å². The number of anilines is 1. The zero-order chi connectivity index (χ0) is 12.4. The van der Waals surface area contributed by atoms with Crippen molar-refractivity contribution in [3.8, 4) is 0 Å². The van der Waals surface area contributed by atoms with E-state index in [1.807, 2.05) is 0 Å². The van der Waals surface area contributed by atoms with Crippen molar-refractivity contribution in [3.63, 3.8) is 0 Å². The molecule has 0 saturated carbocycles. The van der Waals surface area contributed by atoms with Gasteiger partial charge in [0.25, 0.3) is 0 Å². The summed E-state index contributed by atoms with van der Waals surface area (Å²) in [5.41, 5.74) is 1.25. The fourth-order valence-electron chi connectivity index (χ4n) is 1.43. The second kappa shape index (κ2) is 4.45. The number of aromatic nitrogens is 4. The van der Waals surface area contributed by atoms with Gasteiger partial charge in [0, 0.05) is 18.6 Å². The van der Waals surface area contributed by atoms with E-state index in [2.05, 4.69) is 20.0 Å². The number of nitrogens with one attached hydrogen (secondary N) is 1. The number of aryl methyl sites for hydroxylation is 1. The molecule has 0 saturated heterocycles. The van der Waals surface area contributed by atoms with Crippen molar-refractivity contribution in [2.75, 3.05) is 12.4 Å². The van der Waals surface area contributed by atoms with Crippen LogP contribution >= 0.6 is 11.5 Å². The van der Waals surface area contributed by atoms with E-state index in [0.717, 1.165) is 10.7 Å². The molecule has 0 radical (unpaired) electrons. The molecule has 0 aliphatic rings. The smallest absolute Gasteiger partial charge is 0.377 e. The van der Waals surface area contributed by atoms with Crippen LogP contribution in [0.1, 0.15) is 11.3 Å². The van der Waals surface area contributed by atoms with Gasteiger partial charge >= 0.3 is 5.82 Å². The minimum absolute atomic E-state index is 0.126. The van der Waals surface area contributed by atoms with Gasteiger partial charge in [-0.3, -0.25) is 0 Å². The van der Waals surface area contributed by atoms with Crippen molar-refractivity contribution < 1.29 is 4.92 Å². The van der Waals surface area contributed by atoms with Crippen LogP contribution in [0, 0.1) is 17.0 Å².